The van der Waals surface area contributed by atoms with E-state index in [1.165, 1.54) is 14.2 Å². The van der Waals surface area contributed by atoms with Crippen molar-refractivity contribution in [3.8, 4) is 17.2 Å². The summed E-state index contributed by atoms with van der Waals surface area (Å²) >= 11 is 0. The lowest BCUT2D eigenvalue weighted by atomic mass is 9.95. The van der Waals surface area contributed by atoms with Gasteiger partial charge in [0.25, 0.3) is 0 Å². The smallest absolute Gasteiger partial charge is 0.188 e. The SMILES string of the molecule is COCOc1cc(OCOC)c2c(c1)OC(c1ccccc1)CC2=O. The van der Waals surface area contributed by atoms with E-state index in [2.05, 4.69) is 0 Å². The Labute approximate surface area is 146 Å². The first kappa shape index (κ1) is 17.3. The molecule has 0 bridgehead atoms. The number of hydrogen-bond donors (Lipinski definition) is 0. The Hall–Kier alpha value is -2.57. The fourth-order valence-electron chi connectivity index (χ4n) is 2.70. The summed E-state index contributed by atoms with van der Waals surface area (Å²) in [7, 11) is 3.05. The molecule has 0 aromatic heterocycles. The molecule has 0 fully saturated rings. The van der Waals surface area contributed by atoms with Crippen molar-refractivity contribution in [3.63, 3.8) is 0 Å². The summed E-state index contributed by atoms with van der Waals surface area (Å²) in [5.74, 6) is 1.26. The summed E-state index contributed by atoms with van der Waals surface area (Å²) in [6.45, 7) is 0.105. The van der Waals surface area contributed by atoms with Crippen molar-refractivity contribution >= 4 is 5.78 Å². The summed E-state index contributed by atoms with van der Waals surface area (Å²) in [4.78, 5) is 12.7. The fraction of sp³-hybridized carbons (Fsp3) is 0.316. The molecule has 0 aliphatic carbocycles. The molecular weight excluding hydrogens is 324 g/mol. The molecule has 1 atom stereocenters. The molecule has 0 saturated heterocycles. The molecule has 2 aromatic rings. The van der Waals surface area contributed by atoms with E-state index < -0.39 is 0 Å². The third-order valence-electron chi connectivity index (χ3n) is 3.81. The van der Waals surface area contributed by atoms with E-state index in [9.17, 15) is 4.79 Å². The van der Waals surface area contributed by atoms with E-state index in [0.29, 0.717) is 22.8 Å². The number of carbonyl (C=O) groups excluding carboxylic acids is 1. The number of ketones is 1. The number of Topliss-reactive ketones (excluding diaryl/α,β-unsaturated/α-hetero) is 1. The van der Waals surface area contributed by atoms with Crippen LogP contribution in [0.1, 0.15) is 28.4 Å². The number of rotatable bonds is 7. The van der Waals surface area contributed by atoms with Crippen LogP contribution in [-0.4, -0.2) is 33.6 Å². The lowest BCUT2D eigenvalue weighted by Crippen LogP contribution is -2.21. The van der Waals surface area contributed by atoms with Crippen LogP contribution in [0, 0.1) is 0 Å². The molecule has 132 valence electrons. The molecule has 0 saturated carbocycles. The van der Waals surface area contributed by atoms with Gasteiger partial charge < -0.3 is 23.7 Å². The number of hydrogen-bond acceptors (Lipinski definition) is 6. The Morgan fingerprint density at radius 2 is 1.76 bits per heavy atom. The monoisotopic (exact) mass is 344 g/mol. The van der Waals surface area contributed by atoms with Crippen molar-refractivity contribution in [2.75, 3.05) is 27.8 Å². The van der Waals surface area contributed by atoms with Crippen molar-refractivity contribution in [2.45, 2.75) is 12.5 Å². The van der Waals surface area contributed by atoms with Gasteiger partial charge in [-0.05, 0) is 5.56 Å². The predicted octanol–water partition coefficient (Wildman–Crippen LogP) is 3.36. The van der Waals surface area contributed by atoms with Gasteiger partial charge in [0.15, 0.2) is 19.4 Å². The van der Waals surface area contributed by atoms with Gasteiger partial charge >= 0.3 is 0 Å². The summed E-state index contributed by atoms with van der Waals surface area (Å²) in [6, 6.07) is 13.0. The fourth-order valence-corrected chi connectivity index (χ4v) is 2.70. The second-order valence-electron chi connectivity index (χ2n) is 5.54. The second-order valence-corrected chi connectivity index (χ2v) is 5.54. The highest BCUT2D eigenvalue weighted by Gasteiger charge is 2.31. The van der Waals surface area contributed by atoms with Crippen molar-refractivity contribution in [2.24, 2.45) is 0 Å². The normalized spacial score (nSPS) is 16.1. The van der Waals surface area contributed by atoms with E-state index >= 15 is 0 Å². The van der Waals surface area contributed by atoms with Crippen molar-refractivity contribution < 1.29 is 28.5 Å². The van der Waals surface area contributed by atoms with E-state index in [-0.39, 0.29) is 31.9 Å². The minimum atomic E-state index is -0.339. The molecule has 0 spiro atoms. The molecular formula is C19H20O6. The van der Waals surface area contributed by atoms with Gasteiger partial charge in [0, 0.05) is 26.4 Å². The Morgan fingerprint density at radius 1 is 1.04 bits per heavy atom. The molecule has 1 unspecified atom stereocenters. The van der Waals surface area contributed by atoms with Crippen LogP contribution in [0.4, 0.5) is 0 Å². The van der Waals surface area contributed by atoms with Gasteiger partial charge in [-0.15, -0.1) is 0 Å². The minimum absolute atomic E-state index is 0.0234. The third kappa shape index (κ3) is 3.92. The first-order valence-electron chi connectivity index (χ1n) is 7.89. The number of carbonyl (C=O) groups is 1. The highest BCUT2D eigenvalue weighted by molar-refractivity contribution is 6.02. The molecule has 25 heavy (non-hydrogen) atoms. The molecule has 1 heterocycles. The van der Waals surface area contributed by atoms with Crippen LogP contribution < -0.4 is 14.2 Å². The van der Waals surface area contributed by atoms with Gasteiger partial charge in [-0.25, -0.2) is 0 Å². The molecule has 1 aliphatic rings. The van der Waals surface area contributed by atoms with Crippen molar-refractivity contribution in [3.05, 3.63) is 53.6 Å². The van der Waals surface area contributed by atoms with Gasteiger partial charge in [0.05, 0.1) is 6.42 Å². The van der Waals surface area contributed by atoms with Gasteiger partial charge in [0.1, 0.15) is 28.9 Å². The highest BCUT2D eigenvalue weighted by atomic mass is 16.7. The van der Waals surface area contributed by atoms with Crippen LogP contribution in [0.3, 0.4) is 0 Å². The maximum atomic E-state index is 12.7. The Kier molecular flexibility index (Phi) is 5.53. The average Bonchev–Trinajstić information content (AvgIpc) is 2.64. The van der Waals surface area contributed by atoms with Crippen LogP contribution in [0.2, 0.25) is 0 Å². The zero-order valence-corrected chi connectivity index (χ0v) is 14.2. The van der Waals surface area contributed by atoms with E-state index in [1.54, 1.807) is 12.1 Å². The Morgan fingerprint density at radius 3 is 2.48 bits per heavy atom. The first-order valence-corrected chi connectivity index (χ1v) is 7.89. The van der Waals surface area contributed by atoms with Gasteiger partial charge in [0.2, 0.25) is 0 Å². The molecule has 3 rings (SSSR count). The van der Waals surface area contributed by atoms with Gasteiger partial charge in [-0.3, -0.25) is 4.79 Å². The lowest BCUT2D eigenvalue weighted by molar-refractivity contribution is 0.0439. The van der Waals surface area contributed by atoms with E-state index in [0.717, 1.165) is 5.56 Å². The maximum Gasteiger partial charge on any atom is 0.188 e. The maximum absolute atomic E-state index is 12.7. The highest BCUT2D eigenvalue weighted by Crippen LogP contribution is 2.42. The molecule has 0 radical (unpaired) electrons. The van der Waals surface area contributed by atoms with Gasteiger partial charge in [-0.1, -0.05) is 30.3 Å². The van der Waals surface area contributed by atoms with Crippen molar-refractivity contribution in [1.29, 1.82) is 0 Å². The number of ether oxygens (including phenoxy) is 5. The Balaban J connectivity index is 1.95. The molecule has 0 N–H and O–H groups in total. The van der Waals surface area contributed by atoms with Crippen LogP contribution in [0.25, 0.3) is 0 Å². The quantitative estimate of drug-likeness (QED) is 0.718. The van der Waals surface area contributed by atoms with Crippen LogP contribution >= 0.6 is 0 Å². The van der Waals surface area contributed by atoms with Crippen LogP contribution in [0.5, 0.6) is 17.2 Å². The number of fused-ring (bicyclic) bond motifs is 1. The number of methoxy groups -OCH3 is 2. The lowest BCUT2D eigenvalue weighted by Gasteiger charge is -2.27. The molecule has 0 amide bonds. The van der Waals surface area contributed by atoms with Gasteiger partial charge in [-0.2, -0.15) is 0 Å². The predicted molar refractivity (Wildman–Crippen MR) is 90.2 cm³/mol. The second kappa shape index (κ2) is 8.00. The molecule has 1 aliphatic heterocycles. The van der Waals surface area contributed by atoms with E-state index in [4.69, 9.17) is 23.7 Å². The topological polar surface area (TPSA) is 63.2 Å². The summed E-state index contributed by atoms with van der Waals surface area (Å²) in [5.41, 5.74) is 1.36. The summed E-state index contributed by atoms with van der Waals surface area (Å²) in [5, 5.41) is 0. The average molecular weight is 344 g/mol. The zero-order chi connectivity index (χ0) is 17.6. The van der Waals surface area contributed by atoms with Crippen molar-refractivity contribution in [1.82, 2.24) is 0 Å². The standard InChI is InChI=1S/C19H20O6/c1-21-11-23-14-8-17(24-12-22-2)19-15(20)10-16(25-18(19)9-14)13-6-4-3-5-7-13/h3-9,16H,10-12H2,1-2H3. The Bertz CT molecular complexity index is 728. The summed E-state index contributed by atoms with van der Waals surface area (Å²) in [6.07, 6.45) is -0.0901. The summed E-state index contributed by atoms with van der Waals surface area (Å²) < 4.78 is 27.0. The van der Waals surface area contributed by atoms with Crippen LogP contribution in [-0.2, 0) is 9.47 Å². The number of benzene rings is 2. The first-order chi connectivity index (χ1) is 12.2. The largest absolute Gasteiger partial charge is 0.484 e. The minimum Gasteiger partial charge on any atom is -0.484 e. The zero-order valence-electron chi connectivity index (χ0n) is 14.2. The van der Waals surface area contributed by atoms with Crippen LogP contribution in [0.15, 0.2) is 42.5 Å². The molecule has 6 nitrogen and oxygen atoms in total. The third-order valence-corrected chi connectivity index (χ3v) is 3.81. The molecule has 6 heteroatoms. The molecule has 2 aromatic carbocycles. The van der Waals surface area contributed by atoms with E-state index in [1.807, 2.05) is 30.3 Å².